The first-order chi connectivity index (χ1) is 9.47. The molecule has 0 spiro atoms. The number of hydrogen-bond donors (Lipinski definition) is 0. The third kappa shape index (κ3) is 6.66. The van der Waals surface area contributed by atoms with E-state index in [0.717, 1.165) is 12.8 Å². The zero-order valence-corrected chi connectivity index (χ0v) is 15.3. The Kier molecular flexibility index (Phi) is 9.63. The fourth-order valence-electron chi connectivity index (χ4n) is 2.19. The molecule has 0 N–H and O–H groups in total. The zero-order valence-electron chi connectivity index (χ0n) is 14.3. The Morgan fingerprint density at radius 1 is 0.762 bits per heavy atom. The maximum absolute atomic E-state index is 2.30. The van der Waals surface area contributed by atoms with Gasteiger partial charge in [-0.3, -0.25) is 0 Å². The van der Waals surface area contributed by atoms with E-state index >= 15 is 0 Å². The average molecular weight is 329 g/mol. The minimum Gasteiger partial charge on any atom is -0.210 e. The summed E-state index contributed by atoms with van der Waals surface area (Å²) in [4.78, 5) is 0. The van der Waals surface area contributed by atoms with E-state index in [2.05, 4.69) is 77.9 Å². The van der Waals surface area contributed by atoms with Gasteiger partial charge in [0.1, 0.15) is 0 Å². The van der Waals surface area contributed by atoms with Crippen molar-refractivity contribution in [3.05, 3.63) is 58.7 Å². The van der Waals surface area contributed by atoms with Gasteiger partial charge in [0.2, 0.25) is 0 Å². The second-order valence-corrected chi connectivity index (χ2v) is 6.12. The van der Waals surface area contributed by atoms with Crippen LogP contribution in [0.5, 0.6) is 0 Å². The van der Waals surface area contributed by atoms with Crippen LogP contribution in [0.4, 0.5) is 0 Å². The summed E-state index contributed by atoms with van der Waals surface area (Å²) >= 11 is 0. The predicted octanol–water partition coefficient (Wildman–Crippen LogP) is 6.18. The quantitative estimate of drug-likeness (QED) is 0.464. The van der Waals surface area contributed by atoms with Gasteiger partial charge in [0, 0.05) is 0 Å². The van der Waals surface area contributed by atoms with Crippen molar-refractivity contribution in [3.63, 3.8) is 0 Å². The SMILES string of the molecule is CC[c-]1ccc(C(C)C)c1.CC[c-]1ccc(C(C)C)c1.[Ni+2]. The maximum Gasteiger partial charge on any atom is 2.00 e. The van der Waals surface area contributed by atoms with E-state index in [0.29, 0.717) is 11.8 Å². The summed E-state index contributed by atoms with van der Waals surface area (Å²) in [5.74, 6) is 1.36. The van der Waals surface area contributed by atoms with Crippen molar-refractivity contribution in [2.45, 2.75) is 66.2 Å². The van der Waals surface area contributed by atoms with Crippen LogP contribution in [0, 0.1) is 0 Å². The molecule has 0 aliphatic heterocycles. The molecule has 120 valence electrons. The Balaban J connectivity index is 0.000000364. The van der Waals surface area contributed by atoms with Crippen molar-refractivity contribution in [2.24, 2.45) is 0 Å². The molecule has 0 radical (unpaired) electrons. The average Bonchev–Trinajstić information content (AvgIpc) is 3.08. The normalized spacial score (nSPS) is 10.3. The monoisotopic (exact) mass is 328 g/mol. The summed E-state index contributed by atoms with van der Waals surface area (Å²) in [5, 5.41) is 0. The third-order valence-electron chi connectivity index (χ3n) is 3.83. The van der Waals surface area contributed by atoms with Crippen LogP contribution in [0.15, 0.2) is 36.4 Å². The van der Waals surface area contributed by atoms with Crippen LogP contribution in [0.25, 0.3) is 0 Å². The van der Waals surface area contributed by atoms with Crippen molar-refractivity contribution in [3.8, 4) is 0 Å². The first-order valence-electron chi connectivity index (χ1n) is 7.98. The molecule has 0 fully saturated rings. The molecule has 0 aliphatic rings. The molecule has 0 nitrogen and oxygen atoms in total. The van der Waals surface area contributed by atoms with Crippen LogP contribution in [-0.4, -0.2) is 0 Å². The second-order valence-electron chi connectivity index (χ2n) is 6.12. The largest absolute Gasteiger partial charge is 2.00 e. The summed E-state index contributed by atoms with van der Waals surface area (Å²) in [7, 11) is 0. The molecular formula is C20H30Ni. The molecule has 0 aromatic heterocycles. The smallest absolute Gasteiger partial charge is 0.210 e. The first-order valence-corrected chi connectivity index (χ1v) is 7.98. The fourth-order valence-corrected chi connectivity index (χ4v) is 2.19. The fraction of sp³-hybridized carbons (Fsp3) is 0.500. The van der Waals surface area contributed by atoms with Gasteiger partial charge < -0.3 is 0 Å². The summed E-state index contributed by atoms with van der Waals surface area (Å²) in [6.45, 7) is 13.3. The Morgan fingerprint density at radius 3 is 1.24 bits per heavy atom. The van der Waals surface area contributed by atoms with Gasteiger partial charge in [-0.25, -0.2) is 12.1 Å². The molecule has 0 heterocycles. The van der Waals surface area contributed by atoms with E-state index < -0.39 is 0 Å². The van der Waals surface area contributed by atoms with Gasteiger partial charge in [0.05, 0.1) is 0 Å². The van der Waals surface area contributed by atoms with E-state index in [1.807, 2.05) is 0 Å². The maximum atomic E-state index is 2.30. The number of hydrogen-bond acceptors (Lipinski definition) is 0. The molecule has 1 heteroatoms. The van der Waals surface area contributed by atoms with Gasteiger partial charge in [-0.05, 0) is 0 Å². The molecule has 0 aliphatic carbocycles. The predicted molar refractivity (Wildman–Crippen MR) is 91.0 cm³/mol. The van der Waals surface area contributed by atoms with E-state index in [-0.39, 0.29) is 16.5 Å². The molecule has 2 aromatic rings. The van der Waals surface area contributed by atoms with Crippen LogP contribution >= 0.6 is 0 Å². The molecule has 2 rings (SSSR count). The Labute approximate surface area is 141 Å². The van der Waals surface area contributed by atoms with E-state index in [4.69, 9.17) is 0 Å². The standard InChI is InChI=1S/2C10H15.Ni/c2*1-4-9-5-6-10(7-9)8(2)3;/h2*5-8H,4H2,1-3H3;/q2*-1;+2. The second kappa shape index (κ2) is 10.0. The Morgan fingerprint density at radius 2 is 1.10 bits per heavy atom. The van der Waals surface area contributed by atoms with Gasteiger partial charge in [-0.1, -0.05) is 66.2 Å². The van der Waals surface area contributed by atoms with Crippen molar-refractivity contribution < 1.29 is 16.5 Å². The summed E-state index contributed by atoms with van der Waals surface area (Å²) in [6.07, 6.45) is 2.32. The van der Waals surface area contributed by atoms with Crippen LogP contribution in [0.2, 0.25) is 0 Å². The zero-order chi connectivity index (χ0) is 15.1. The summed E-state index contributed by atoms with van der Waals surface area (Å²) < 4.78 is 0. The topological polar surface area (TPSA) is 0 Å². The van der Waals surface area contributed by atoms with E-state index in [9.17, 15) is 0 Å². The van der Waals surface area contributed by atoms with Crippen molar-refractivity contribution >= 4 is 0 Å². The molecule has 0 unspecified atom stereocenters. The molecule has 0 atom stereocenters. The molecule has 21 heavy (non-hydrogen) atoms. The number of rotatable bonds is 4. The van der Waals surface area contributed by atoms with Crippen LogP contribution in [0.1, 0.15) is 75.6 Å². The molecule has 0 bridgehead atoms. The molecule has 0 saturated carbocycles. The Bertz CT molecular complexity index is 439. The van der Waals surface area contributed by atoms with E-state index in [1.54, 1.807) is 0 Å². The molecule has 0 amide bonds. The van der Waals surface area contributed by atoms with Gasteiger partial charge in [0.25, 0.3) is 0 Å². The van der Waals surface area contributed by atoms with Crippen molar-refractivity contribution in [1.29, 1.82) is 0 Å². The first kappa shape index (κ1) is 20.2. The van der Waals surface area contributed by atoms with Gasteiger partial charge in [0.15, 0.2) is 0 Å². The summed E-state index contributed by atoms with van der Waals surface area (Å²) in [6, 6.07) is 13.5. The molecule has 0 saturated heterocycles. The van der Waals surface area contributed by atoms with Crippen molar-refractivity contribution in [2.75, 3.05) is 0 Å². The van der Waals surface area contributed by atoms with Gasteiger partial charge in [-0.15, -0.1) is 0 Å². The minimum absolute atomic E-state index is 0. The van der Waals surface area contributed by atoms with Crippen LogP contribution < -0.4 is 0 Å². The summed E-state index contributed by atoms with van der Waals surface area (Å²) in [5.41, 5.74) is 5.86. The van der Waals surface area contributed by atoms with Crippen molar-refractivity contribution in [1.82, 2.24) is 0 Å². The Hall–Kier alpha value is -0.806. The minimum atomic E-state index is 0. The van der Waals surface area contributed by atoms with Crippen LogP contribution in [0.3, 0.4) is 0 Å². The molecular weight excluding hydrogens is 299 g/mol. The molecule has 2 aromatic carbocycles. The third-order valence-corrected chi connectivity index (χ3v) is 3.83. The van der Waals surface area contributed by atoms with Gasteiger partial charge in [-0.2, -0.15) is 46.5 Å². The van der Waals surface area contributed by atoms with Crippen LogP contribution in [-0.2, 0) is 29.3 Å². The van der Waals surface area contributed by atoms with Gasteiger partial charge >= 0.3 is 16.5 Å². The van der Waals surface area contributed by atoms with E-state index in [1.165, 1.54) is 22.3 Å². The number of aryl methyl sites for hydroxylation is 2.